The van der Waals surface area contributed by atoms with Gasteiger partial charge in [0.2, 0.25) is 0 Å². The minimum absolute atomic E-state index is 0. The van der Waals surface area contributed by atoms with Crippen molar-refractivity contribution in [3.63, 3.8) is 0 Å². The molecule has 0 aliphatic heterocycles. The van der Waals surface area contributed by atoms with Crippen LogP contribution in [0.3, 0.4) is 0 Å². The van der Waals surface area contributed by atoms with E-state index in [-0.39, 0.29) is 20.1 Å². The molecule has 23 heteroatoms. The molecular weight excluding hydrogens is 1230 g/mol. The molecule has 0 saturated carbocycles. The Morgan fingerprint density at radius 3 is 0.720 bits per heavy atom. The van der Waals surface area contributed by atoms with Gasteiger partial charge in [-0.2, -0.15) is 0 Å². The first-order valence-electron chi connectivity index (χ1n) is 23.8. The summed E-state index contributed by atoms with van der Waals surface area (Å²) in [5, 5.41) is 8.79. The Balaban J connectivity index is 0.000000419. The van der Waals surface area contributed by atoms with E-state index in [1.807, 2.05) is 0 Å². The molecule has 9 rings (SSSR count). The largest absolute Gasteiger partial charge is 4.00 e. The van der Waals surface area contributed by atoms with Crippen LogP contribution in [0.25, 0.3) is 11.1 Å². The molecule has 0 fully saturated rings. The fourth-order valence-electron chi connectivity index (χ4n) is 8.58. The number of fused-ring (bicyclic) bond motifs is 2. The van der Waals surface area contributed by atoms with E-state index < -0.39 is 44.9 Å². The molecule has 6 aromatic rings. The summed E-state index contributed by atoms with van der Waals surface area (Å²) in [6, 6.07) is 55.5. The molecule has 0 unspecified atom stereocenters. The van der Waals surface area contributed by atoms with Gasteiger partial charge in [-0.05, 0) is 158 Å². The Morgan fingerprint density at radius 1 is 0.280 bits per heavy atom. The maximum absolute atomic E-state index is 9.75. The molecule has 0 spiro atoms. The summed E-state index contributed by atoms with van der Waals surface area (Å²) < 4.78 is 156. The van der Waals surface area contributed by atoms with E-state index in [1.165, 1.54) is 109 Å². The van der Waals surface area contributed by atoms with Crippen LogP contribution in [-0.4, -0.2) is 29.0 Å². The van der Waals surface area contributed by atoms with Crippen LogP contribution < -0.4 is 31.8 Å². The maximum Gasteiger partial charge on any atom is 4.00 e. The van der Waals surface area contributed by atoms with Gasteiger partial charge in [-0.25, -0.2) is 0 Å². The second-order valence-corrected chi connectivity index (χ2v) is 21.1. The van der Waals surface area contributed by atoms with E-state index in [0.29, 0.717) is 0 Å². The van der Waals surface area contributed by atoms with Crippen molar-refractivity contribution in [1.82, 2.24) is 0 Å². The normalized spacial score (nSPS) is 14.9. The Labute approximate surface area is 444 Å². The van der Waals surface area contributed by atoms with Gasteiger partial charge in [0.15, 0.2) is 0 Å². The van der Waals surface area contributed by atoms with Crippen LogP contribution in [0.15, 0.2) is 170 Å². The second kappa shape index (κ2) is 31.6. The molecule has 403 valence electrons. The minimum atomic E-state index is -6.00. The third-order valence-corrected chi connectivity index (χ3v) is 16.1. The number of halogens is 16. The van der Waals surface area contributed by atoms with Gasteiger partial charge in [0.25, 0.3) is 0 Å². The number of hydrogen-bond donors (Lipinski definition) is 0. The van der Waals surface area contributed by atoms with E-state index in [4.69, 9.17) is 0 Å². The fraction of sp³-hybridized carbons (Fsp3) is 0.231. The van der Waals surface area contributed by atoms with Crippen molar-refractivity contribution in [1.29, 1.82) is 0 Å². The van der Waals surface area contributed by atoms with Gasteiger partial charge in [-0.1, -0.05) is 170 Å². The molecule has 6 aromatic carbocycles. The van der Waals surface area contributed by atoms with Crippen molar-refractivity contribution in [2.75, 3.05) is 0 Å². The predicted molar refractivity (Wildman–Crippen MR) is 280 cm³/mol. The molecule has 0 bridgehead atoms. The monoisotopic (exact) mass is 1280 g/mol. The molecular formula is C52H52B4F16IrP2. The Bertz CT molecular complexity index is 2320. The van der Waals surface area contributed by atoms with Crippen LogP contribution in [-0.2, 0) is 45.8 Å². The maximum atomic E-state index is 9.75. The van der Waals surface area contributed by atoms with Crippen molar-refractivity contribution in [2.24, 2.45) is 0 Å². The number of benzene rings is 6. The molecule has 0 aromatic heterocycles. The van der Waals surface area contributed by atoms with Gasteiger partial charge in [0.05, 0.1) is 0 Å². The zero-order valence-corrected chi connectivity index (χ0v) is 44.4. The summed E-state index contributed by atoms with van der Waals surface area (Å²) in [6.45, 7) is 0. The smallest absolute Gasteiger partial charge is 0.418 e. The van der Waals surface area contributed by atoms with E-state index in [1.54, 1.807) is 33.4 Å². The van der Waals surface area contributed by atoms with Gasteiger partial charge in [0, 0.05) is 0 Å². The van der Waals surface area contributed by atoms with Gasteiger partial charge in [-0.15, -0.1) is 0 Å². The molecule has 75 heavy (non-hydrogen) atoms. The molecule has 1 radical (unpaired) electrons. The fourth-order valence-corrected chi connectivity index (χ4v) is 13.6. The molecule has 0 N–H and O–H groups in total. The number of hydrogen-bond acceptors (Lipinski definition) is 0. The molecule has 0 nitrogen and oxygen atoms in total. The Morgan fingerprint density at radius 2 is 0.493 bits per heavy atom. The van der Waals surface area contributed by atoms with Crippen LogP contribution in [0.2, 0.25) is 0 Å². The summed E-state index contributed by atoms with van der Waals surface area (Å²) in [5.41, 5.74) is 9.54. The SMILES string of the molecule is C1=C\CC/C=C\CC/1.F[B-](F)(F)F.F[B-](F)(F)F.F[B-](F)(F)F.F[B-](F)(F)F.[Ir+4].c1ccc(P(c2ccccc2)c2ccc3c(c2-c2c(P(c4ccccc4)c4ccccc4)ccc4c2CCCC4)CCCC3)cc1. The van der Waals surface area contributed by atoms with Crippen LogP contribution in [0.5, 0.6) is 0 Å². The van der Waals surface area contributed by atoms with E-state index in [2.05, 4.69) is 170 Å². The third-order valence-electron chi connectivity index (χ3n) is 11.1. The molecule has 3 aliphatic carbocycles. The summed E-state index contributed by atoms with van der Waals surface area (Å²) in [5.74, 6) is 0. The van der Waals surface area contributed by atoms with Crippen LogP contribution in [0.1, 0.15) is 73.6 Å². The van der Waals surface area contributed by atoms with Gasteiger partial charge in [-0.3, -0.25) is 0 Å². The average Bonchev–Trinajstić information content (AvgIpc) is 3.31. The Hall–Kier alpha value is -4.55. The first-order valence-corrected chi connectivity index (χ1v) is 26.4. The average molecular weight is 1280 g/mol. The zero-order valence-electron chi connectivity index (χ0n) is 40.2. The quantitative estimate of drug-likeness (QED) is 0.0647. The number of allylic oxidation sites excluding steroid dienone is 4. The van der Waals surface area contributed by atoms with Crippen molar-refractivity contribution in [3.05, 3.63) is 192 Å². The van der Waals surface area contributed by atoms with Crippen LogP contribution in [0, 0.1) is 0 Å². The first kappa shape index (κ1) is 64.7. The third kappa shape index (κ3) is 25.4. The first-order chi connectivity index (χ1) is 34.9. The van der Waals surface area contributed by atoms with Crippen molar-refractivity contribution in [2.45, 2.75) is 77.0 Å². The van der Waals surface area contributed by atoms with Gasteiger partial charge >= 0.3 is 49.1 Å². The summed E-state index contributed by atoms with van der Waals surface area (Å²) >= 11 is 0. The van der Waals surface area contributed by atoms with Crippen LogP contribution in [0.4, 0.5) is 69.1 Å². The topological polar surface area (TPSA) is 0 Å². The van der Waals surface area contributed by atoms with E-state index >= 15 is 0 Å². The van der Waals surface area contributed by atoms with Gasteiger partial charge in [0.1, 0.15) is 0 Å². The van der Waals surface area contributed by atoms with Crippen LogP contribution >= 0.6 is 15.8 Å². The van der Waals surface area contributed by atoms with Crippen molar-refractivity contribution < 1.29 is 89.2 Å². The summed E-state index contributed by atoms with van der Waals surface area (Å²) in [6.07, 6.45) is 23.8. The number of aryl methyl sites for hydroxylation is 2. The van der Waals surface area contributed by atoms with Gasteiger partial charge < -0.3 is 69.1 Å². The van der Waals surface area contributed by atoms with E-state index in [0.717, 1.165) is 0 Å². The predicted octanol–water partition coefficient (Wildman–Crippen LogP) is 16.5. The Kier molecular flexibility index (Phi) is 27.3. The zero-order chi connectivity index (χ0) is 54.4. The molecule has 0 heterocycles. The summed E-state index contributed by atoms with van der Waals surface area (Å²) in [4.78, 5) is 0. The van der Waals surface area contributed by atoms with E-state index in [9.17, 15) is 69.1 Å². The molecule has 0 amide bonds. The number of rotatable bonds is 7. The van der Waals surface area contributed by atoms with Crippen molar-refractivity contribution >= 4 is 76.7 Å². The molecule has 0 atom stereocenters. The second-order valence-electron chi connectivity index (χ2n) is 16.7. The standard InChI is InChI=1S/C44H40P2.C8H12.4BF4.Ir/c1-5-19-35(20-6-1)45(36-21-7-2-8-22-36)41-31-29-33-17-13-15-27-39(33)43(41)44-40-28-16-14-18-34(40)30-32-42(44)46(37-23-9-3-10-24-37)38-25-11-4-12-26-38;1-2-4-6-8-7-5-3-1;4*2-1(3,4)5;/h1-12,19-26,29-32H,13-18,27-28H2;1-2,7-8H,3-6H2;;;;;/q;;4*-1;+4/b;2-1-,8-7-;;;;;. The van der Waals surface area contributed by atoms with Crippen molar-refractivity contribution in [3.8, 4) is 11.1 Å². The summed E-state index contributed by atoms with van der Waals surface area (Å²) in [7, 11) is -25.5. The molecule has 3 aliphatic rings. The molecule has 0 saturated heterocycles. The minimum Gasteiger partial charge on any atom is -0.418 e.